The molecule has 1 aliphatic heterocycles. The van der Waals surface area contributed by atoms with Gasteiger partial charge in [0, 0.05) is 12.5 Å². The van der Waals surface area contributed by atoms with Gasteiger partial charge in [-0.3, -0.25) is 4.79 Å². The van der Waals surface area contributed by atoms with Crippen LogP contribution in [-0.2, 0) is 9.47 Å². The van der Waals surface area contributed by atoms with E-state index in [-0.39, 0.29) is 37.2 Å². The minimum atomic E-state index is -0.235. The van der Waals surface area contributed by atoms with Crippen LogP contribution in [0.15, 0.2) is 10.5 Å². The van der Waals surface area contributed by atoms with Crippen LogP contribution < -0.4 is 5.32 Å². The number of hydrogen-bond donors (Lipinski definition) is 2. The first-order valence-corrected chi connectivity index (χ1v) is 7.74. The SMILES string of the molecule is Cc1oc(C(C)C)cc1C(=O)N[C@@H]1CCOC[C@H]1OCCO. The summed E-state index contributed by atoms with van der Waals surface area (Å²) >= 11 is 0. The maximum Gasteiger partial charge on any atom is 0.255 e. The number of aliphatic hydroxyl groups excluding tert-OH is 1. The number of amides is 1. The van der Waals surface area contributed by atoms with Gasteiger partial charge in [-0.2, -0.15) is 0 Å². The third-order valence-electron chi connectivity index (χ3n) is 3.79. The predicted molar refractivity (Wildman–Crippen MR) is 81.1 cm³/mol. The average Bonchev–Trinajstić information content (AvgIpc) is 2.88. The van der Waals surface area contributed by atoms with E-state index in [9.17, 15) is 4.79 Å². The molecule has 1 aliphatic rings. The van der Waals surface area contributed by atoms with Gasteiger partial charge in [-0.1, -0.05) is 13.8 Å². The number of aliphatic hydroxyl groups is 1. The number of aryl methyl sites for hydroxylation is 1. The first kappa shape index (κ1) is 17.0. The molecule has 0 aromatic carbocycles. The molecule has 124 valence electrons. The Hall–Kier alpha value is -1.37. The molecule has 0 radical (unpaired) electrons. The number of carbonyl (C=O) groups excluding carboxylic acids is 1. The third kappa shape index (κ3) is 4.09. The number of nitrogens with one attached hydrogen (secondary N) is 1. The van der Waals surface area contributed by atoms with Gasteiger partial charge in [0.1, 0.15) is 17.6 Å². The standard InChI is InChI=1S/C16H25NO5/c1-10(2)14-8-12(11(3)22-14)16(19)17-13-4-6-20-9-15(13)21-7-5-18/h8,10,13,15,18H,4-7,9H2,1-3H3,(H,17,19)/t13-,15-/m1/s1. The molecule has 6 heteroatoms. The summed E-state index contributed by atoms with van der Waals surface area (Å²) in [5.74, 6) is 1.52. The quantitative estimate of drug-likeness (QED) is 0.834. The topological polar surface area (TPSA) is 80.9 Å². The Morgan fingerprint density at radius 2 is 2.32 bits per heavy atom. The Balaban J connectivity index is 2.03. The largest absolute Gasteiger partial charge is 0.465 e. The van der Waals surface area contributed by atoms with Crippen molar-refractivity contribution in [1.29, 1.82) is 0 Å². The first-order valence-electron chi connectivity index (χ1n) is 7.74. The Morgan fingerprint density at radius 1 is 1.55 bits per heavy atom. The van der Waals surface area contributed by atoms with E-state index in [2.05, 4.69) is 5.32 Å². The predicted octanol–water partition coefficient (Wildman–Crippen LogP) is 1.61. The molecule has 2 rings (SSSR count). The molecule has 0 aliphatic carbocycles. The summed E-state index contributed by atoms with van der Waals surface area (Å²) in [7, 11) is 0. The molecule has 2 atom stereocenters. The Labute approximate surface area is 130 Å². The van der Waals surface area contributed by atoms with Gasteiger partial charge in [-0.05, 0) is 19.4 Å². The fourth-order valence-electron chi connectivity index (χ4n) is 2.51. The lowest BCUT2D eigenvalue weighted by atomic mass is 10.0. The maximum absolute atomic E-state index is 12.5. The molecule has 2 N–H and O–H groups in total. The Morgan fingerprint density at radius 3 is 2.95 bits per heavy atom. The van der Waals surface area contributed by atoms with Gasteiger partial charge >= 0.3 is 0 Å². The highest BCUT2D eigenvalue weighted by atomic mass is 16.5. The summed E-state index contributed by atoms with van der Waals surface area (Å²) in [6.07, 6.45) is 0.456. The van der Waals surface area contributed by atoms with Crippen LogP contribution >= 0.6 is 0 Å². The van der Waals surface area contributed by atoms with Gasteiger partial charge in [0.05, 0.1) is 31.4 Å². The Bertz CT molecular complexity index is 497. The zero-order valence-electron chi connectivity index (χ0n) is 13.4. The van der Waals surface area contributed by atoms with Crippen LogP contribution in [-0.4, -0.2) is 49.6 Å². The lowest BCUT2D eigenvalue weighted by molar-refractivity contribution is -0.0737. The molecule has 1 aromatic rings. The van der Waals surface area contributed by atoms with Crippen molar-refractivity contribution in [3.8, 4) is 0 Å². The number of hydrogen-bond acceptors (Lipinski definition) is 5. The highest BCUT2D eigenvalue weighted by molar-refractivity contribution is 5.95. The molecule has 2 heterocycles. The molecular weight excluding hydrogens is 286 g/mol. The summed E-state index contributed by atoms with van der Waals surface area (Å²) in [4.78, 5) is 12.5. The van der Waals surface area contributed by atoms with Crippen LogP contribution in [0.5, 0.6) is 0 Å². The molecule has 1 aromatic heterocycles. The minimum absolute atomic E-state index is 0.0459. The summed E-state index contributed by atoms with van der Waals surface area (Å²) in [5.41, 5.74) is 0.566. The second-order valence-corrected chi connectivity index (χ2v) is 5.85. The molecule has 1 fully saturated rings. The second-order valence-electron chi connectivity index (χ2n) is 5.85. The lowest BCUT2D eigenvalue weighted by Gasteiger charge is -2.31. The number of ether oxygens (including phenoxy) is 2. The van der Waals surface area contributed by atoms with Gasteiger partial charge < -0.3 is 24.3 Å². The summed E-state index contributed by atoms with van der Waals surface area (Å²) in [5, 5.41) is 11.9. The normalized spacial score (nSPS) is 22.0. The fraction of sp³-hybridized carbons (Fsp3) is 0.688. The summed E-state index contributed by atoms with van der Waals surface area (Å²) < 4.78 is 16.5. The van der Waals surface area contributed by atoms with E-state index in [1.807, 2.05) is 13.8 Å². The van der Waals surface area contributed by atoms with Crippen molar-refractivity contribution in [2.75, 3.05) is 26.4 Å². The van der Waals surface area contributed by atoms with Crippen LogP contribution in [0, 0.1) is 6.92 Å². The van der Waals surface area contributed by atoms with Crippen molar-refractivity contribution in [3.05, 3.63) is 23.2 Å². The van der Waals surface area contributed by atoms with Crippen LogP contribution in [0.2, 0.25) is 0 Å². The van der Waals surface area contributed by atoms with Crippen LogP contribution in [0.4, 0.5) is 0 Å². The molecule has 1 amide bonds. The number of furan rings is 1. The van der Waals surface area contributed by atoms with Crippen LogP contribution in [0.3, 0.4) is 0 Å². The van der Waals surface area contributed by atoms with Crippen molar-refractivity contribution in [1.82, 2.24) is 5.32 Å². The van der Waals surface area contributed by atoms with Crippen molar-refractivity contribution < 1.29 is 23.8 Å². The van der Waals surface area contributed by atoms with Crippen molar-refractivity contribution in [2.24, 2.45) is 0 Å². The van der Waals surface area contributed by atoms with E-state index in [4.69, 9.17) is 19.0 Å². The van der Waals surface area contributed by atoms with Crippen molar-refractivity contribution >= 4 is 5.91 Å². The van der Waals surface area contributed by atoms with Gasteiger partial charge in [0.2, 0.25) is 0 Å². The van der Waals surface area contributed by atoms with Gasteiger partial charge in [-0.25, -0.2) is 0 Å². The second kappa shape index (κ2) is 7.76. The molecule has 0 bridgehead atoms. The van der Waals surface area contributed by atoms with Gasteiger partial charge in [0.15, 0.2) is 0 Å². The van der Waals surface area contributed by atoms with Gasteiger partial charge in [0.25, 0.3) is 5.91 Å². The highest BCUT2D eigenvalue weighted by Gasteiger charge is 2.29. The van der Waals surface area contributed by atoms with E-state index >= 15 is 0 Å². The van der Waals surface area contributed by atoms with E-state index in [1.165, 1.54) is 0 Å². The van der Waals surface area contributed by atoms with Crippen LogP contribution in [0.1, 0.15) is 48.1 Å². The zero-order chi connectivity index (χ0) is 16.1. The molecule has 0 unspecified atom stereocenters. The van der Waals surface area contributed by atoms with E-state index in [0.29, 0.717) is 31.0 Å². The average molecular weight is 311 g/mol. The lowest BCUT2D eigenvalue weighted by Crippen LogP contribution is -2.50. The molecular formula is C16H25NO5. The van der Waals surface area contributed by atoms with Crippen molar-refractivity contribution in [3.63, 3.8) is 0 Å². The molecule has 0 spiro atoms. The third-order valence-corrected chi connectivity index (χ3v) is 3.79. The van der Waals surface area contributed by atoms with Crippen molar-refractivity contribution in [2.45, 2.75) is 45.3 Å². The molecule has 0 saturated carbocycles. The van der Waals surface area contributed by atoms with E-state index < -0.39 is 0 Å². The number of carbonyl (C=O) groups is 1. The summed E-state index contributed by atoms with van der Waals surface area (Å²) in [6, 6.07) is 1.68. The van der Waals surface area contributed by atoms with E-state index in [0.717, 1.165) is 5.76 Å². The summed E-state index contributed by atoms with van der Waals surface area (Å²) in [6.45, 7) is 7.05. The molecule has 6 nitrogen and oxygen atoms in total. The molecule has 22 heavy (non-hydrogen) atoms. The zero-order valence-corrected chi connectivity index (χ0v) is 13.4. The fourth-order valence-corrected chi connectivity index (χ4v) is 2.51. The maximum atomic E-state index is 12.5. The monoisotopic (exact) mass is 311 g/mol. The first-order chi connectivity index (χ1) is 10.5. The van der Waals surface area contributed by atoms with Gasteiger partial charge in [-0.15, -0.1) is 0 Å². The smallest absolute Gasteiger partial charge is 0.255 e. The highest BCUT2D eigenvalue weighted by Crippen LogP contribution is 2.22. The molecule has 1 saturated heterocycles. The van der Waals surface area contributed by atoms with Crippen LogP contribution in [0.25, 0.3) is 0 Å². The van der Waals surface area contributed by atoms with E-state index in [1.54, 1.807) is 13.0 Å². The number of rotatable bonds is 6. The minimum Gasteiger partial charge on any atom is -0.465 e. The Kier molecular flexibility index (Phi) is 5.99.